The summed E-state index contributed by atoms with van der Waals surface area (Å²) >= 11 is 0. The van der Waals surface area contributed by atoms with Crippen molar-refractivity contribution in [2.45, 2.75) is 6.42 Å². The fraction of sp³-hybridized carbons (Fsp3) is 0.250. The molecule has 152 valence electrons. The van der Waals surface area contributed by atoms with Gasteiger partial charge in [0.2, 0.25) is 5.91 Å². The number of hydrogen-bond donors (Lipinski definition) is 0. The number of tetrazole rings is 1. The molecule has 5 rings (SSSR count). The zero-order chi connectivity index (χ0) is 20.5. The lowest BCUT2D eigenvalue weighted by molar-refractivity contribution is -0.139. The van der Waals surface area contributed by atoms with E-state index in [9.17, 15) is 9.59 Å². The summed E-state index contributed by atoms with van der Waals surface area (Å²) in [7, 11) is 0. The van der Waals surface area contributed by atoms with Crippen molar-refractivity contribution >= 4 is 17.6 Å². The van der Waals surface area contributed by atoms with E-state index >= 15 is 0 Å². The molecule has 1 atom stereocenters. The lowest BCUT2D eigenvalue weighted by Crippen LogP contribution is -2.27. The van der Waals surface area contributed by atoms with E-state index in [1.54, 1.807) is 47.4 Å². The van der Waals surface area contributed by atoms with Crippen LogP contribution in [-0.2, 0) is 9.59 Å². The van der Waals surface area contributed by atoms with Gasteiger partial charge in [-0.2, -0.15) is 0 Å². The van der Waals surface area contributed by atoms with Crippen LogP contribution in [0.5, 0.6) is 17.2 Å². The second-order valence-corrected chi connectivity index (χ2v) is 6.90. The Morgan fingerprint density at radius 1 is 1.03 bits per heavy atom. The van der Waals surface area contributed by atoms with Crippen LogP contribution in [0.4, 0.5) is 5.69 Å². The van der Waals surface area contributed by atoms with E-state index in [-0.39, 0.29) is 18.9 Å². The first-order valence-corrected chi connectivity index (χ1v) is 9.42. The Balaban J connectivity index is 1.25. The van der Waals surface area contributed by atoms with E-state index < -0.39 is 11.9 Å². The van der Waals surface area contributed by atoms with Gasteiger partial charge in [-0.05, 0) is 46.8 Å². The van der Waals surface area contributed by atoms with E-state index in [2.05, 4.69) is 15.5 Å². The van der Waals surface area contributed by atoms with Crippen LogP contribution in [0.3, 0.4) is 0 Å². The van der Waals surface area contributed by atoms with Crippen molar-refractivity contribution in [2.75, 3.05) is 24.7 Å². The summed E-state index contributed by atoms with van der Waals surface area (Å²) in [5.41, 5.74) is 1.41. The van der Waals surface area contributed by atoms with Crippen LogP contribution in [0.25, 0.3) is 5.69 Å². The number of anilines is 1. The molecule has 0 radical (unpaired) electrons. The third kappa shape index (κ3) is 3.43. The summed E-state index contributed by atoms with van der Waals surface area (Å²) in [6.07, 6.45) is 1.56. The molecule has 0 bridgehead atoms. The highest BCUT2D eigenvalue weighted by Crippen LogP contribution is 2.36. The molecule has 10 heteroatoms. The molecule has 1 aromatic heterocycles. The van der Waals surface area contributed by atoms with E-state index in [1.165, 1.54) is 11.0 Å². The van der Waals surface area contributed by atoms with Gasteiger partial charge in [0.15, 0.2) is 11.5 Å². The van der Waals surface area contributed by atoms with Gasteiger partial charge < -0.3 is 19.1 Å². The number of carbonyl (C=O) groups excluding carboxylic acids is 2. The van der Waals surface area contributed by atoms with E-state index in [1.807, 2.05) is 0 Å². The fourth-order valence-electron chi connectivity index (χ4n) is 3.46. The Morgan fingerprint density at radius 3 is 2.57 bits per heavy atom. The van der Waals surface area contributed by atoms with Crippen molar-refractivity contribution in [3.63, 3.8) is 0 Å². The number of esters is 1. The van der Waals surface area contributed by atoms with Gasteiger partial charge in [-0.25, -0.2) is 4.68 Å². The number of fused-ring (bicyclic) bond motifs is 1. The smallest absolute Gasteiger partial charge is 0.316 e. The van der Waals surface area contributed by atoms with Crippen molar-refractivity contribution in [1.82, 2.24) is 20.2 Å². The number of rotatable bonds is 4. The SMILES string of the molecule is O=C(Oc1ccc(-n2cnnn2)cc1)C1CC(=O)N(c2ccc3c(c2)OCCO3)C1. The topological polar surface area (TPSA) is 109 Å². The molecule has 1 unspecified atom stereocenters. The Kier molecular flexibility index (Phi) is 4.51. The molecular formula is C20H17N5O5. The molecule has 0 saturated carbocycles. The molecule has 2 aromatic carbocycles. The predicted octanol–water partition coefficient (Wildman–Crippen LogP) is 1.39. The maximum atomic E-state index is 12.6. The van der Waals surface area contributed by atoms with Crippen molar-refractivity contribution in [3.05, 3.63) is 48.8 Å². The molecule has 10 nitrogen and oxygen atoms in total. The summed E-state index contributed by atoms with van der Waals surface area (Å²) in [4.78, 5) is 26.7. The fourth-order valence-corrected chi connectivity index (χ4v) is 3.46. The number of hydrogen-bond acceptors (Lipinski definition) is 8. The molecule has 30 heavy (non-hydrogen) atoms. The number of ether oxygens (including phenoxy) is 3. The van der Waals surface area contributed by atoms with Crippen LogP contribution < -0.4 is 19.1 Å². The number of carbonyl (C=O) groups is 2. The summed E-state index contributed by atoms with van der Waals surface area (Å²) in [5.74, 6) is 0.506. The minimum atomic E-state index is -0.551. The molecule has 3 heterocycles. The first-order chi connectivity index (χ1) is 14.7. The average Bonchev–Trinajstić information content (AvgIpc) is 3.44. The maximum Gasteiger partial charge on any atom is 0.316 e. The zero-order valence-corrected chi connectivity index (χ0v) is 15.8. The predicted molar refractivity (Wildman–Crippen MR) is 103 cm³/mol. The minimum Gasteiger partial charge on any atom is -0.486 e. The van der Waals surface area contributed by atoms with Gasteiger partial charge in [0.25, 0.3) is 0 Å². The van der Waals surface area contributed by atoms with E-state index in [0.717, 1.165) is 5.69 Å². The number of aromatic nitrogens is 4. The molecule has 1 amide bonds. The Labute approximate surface area is 170 Å². The highest BCUT2D eigenvalue weighted by molar-refractivity contribution is 6.00. The molecule has 0 aliphatic carbocycles. The third-order valence-corrected chi connectivity index (χ3v) is 4.96. The van der Waals surface area contributed by atoms with Crippen LogP contribution in [-0.4, -0.2) is 51.8 Å². The normalized spacial score (nSPS) is 17.8. The highest BCUT2D eigenvalue weighted by Gasteiger charge is 2.36. The quantitative estimate of drug-likeness (QED) is 0.472. The average molecular weight is 407 g/mol. The lowest BCUT2D eigenvalue weighted by Gasteiger charge is -2.22. The van der Waals surface area contributed by atoms with Gasteiger partial charge in [-0.3, -0.25) is 9.59 Å². The summed E-state index contributed by atoms with van der Waals surface area (Å²) in [6, 6.07) is 12.1. The van der Waals surface area contributed by atoms with Crippen LogP contribution in [0.1, 0.15) is 6.42 Å². The van der Waals surface area contributed by atoms with Gasteiger partial charge in [-0.15, -0.1) is 5.10 Å². The monoisotopic (exact) mass is 407 g/mol. The first kappa shape index (κ1) is 18.1. The van der Waals surface area contributed by atoms with Crippen LogP contribution in [0.15, 0.2) is 48.8 Å². The van der Waals surface area contributed by atoms with Crippen molar-refractivity contribution in [3.8, 4) is 22.9 Å². The zero-order valence-electron chi connectivity index (χ0n) is 15.8. The number of amides is 1. The van der Waals surface area contributed by atoms with Gasteiger partial charge in [0.1, 0.15) is 25.3 Å². The second kappa shape index (κ2) is 7.47. The van der Waals surface area contributed by atoms with Gasteiger partial charge in [-0.1, -0.05) is 0 Å². The van der Waals surface area contributed by atoms with Crippen LogP contribution >= 0.6 is 0 Å². The molecule has 3 aromatic rings. The minimum absolute atomic E-state index is 0.0932. The van der Waals surface area contributed by atoms with Crippen molar-refractivity contribution in [1.29, 1.82) is 0 Å². The molecule has 2 aliphatic heterocycles. The molecule has 1 fully saturated rings. The van der Waals surface area contributed by atoms with Gasteiger partial charge in [0.05, 0.1) is 11.6 Å². The van der Waals surface area contributed by atoms with Crippen molar-refractivity contribution < 1.29 is 23.8 Å². The summed E-state index contributed by atoms with van der Waals surface area (Å²) in [6.45, 7) is 1.21. The largest absolute Gasteiger partial charge is 0.486 e. The molecular weight excluding hydrogens is 390 g/mol. The van der Waals surface area contributed by atoms with Gasteiger partial charge >= 0.3 is 5.97 Å². The molecule has 0 N–H and O–H groups in total. The Morgan fingerprint density at radius 2 is 1.80 bits per heavy atom. The molecule has 0 spiro atoms. The molecule has 2 aliphatic rings. The second-order valence-electron chi connectivity index (χ2n) is 6.90. The summed E-state index contributed by atoms with van der Waals surface area (Å²) < 4.78 is 18.1. The van der Waals surface area contributed by atoms with Crippen molar-refractivity contribution in [2.24, 2.45) is 5.92 Å². The maximum absolute atomic E-state index is 12.6. The summed E-state index contributed by atoms with van der Waals surface area (Å²) in [5, 5.41) is 11.0. The van der Waals surface area contributed by atoms with Gasteiger partial charge in [0, 0.05) is 24.7 Å². The Bertz CT molecular complexity index is 1080. The van der Waals surface area contributed by atoms with Crippen LogP contribution in [0, 0.1) is 5.92 Å². The number of benzene rings is 2. The third-order valence-electron chi connectivity index (χ3n) is 4.96. The molecule has 1 saturated heterocycles. The Hall–Kier alpha value is -3.95. The van der Waals surface area contributed by atoms with Crippen LogP contribution in [0.2, 0.25) is 0 Å². The van der Waals surface area contributed by atoms with E-state index in [4.69, 9.17) is 14.2 Å². The lowest BCUT2D eigenvalue weighted by atomic mass is 10.1. The first-order valence-electron chi connectivity index (χ1n) is 9.42. The number of nitrogens with zero attached hydrogens (tertiary/aromatic N) is 5. The highest BCUT2D eigenvalue weighted by atomic mass is 16.6. The standard InChI is InChI=1S/C20H17N5O5/c26-19-9-13(11-24(19)15-3-6-17-18(10-15)29-8-7-28-17)20(27)30-16-4-1-14(2-5-16)25-12-21-22-23-25/h1-6,10,12-13H,7-9,11H2. The van der Waals surface area contributed by atoms with E-state index in [0.29, 0.717) is 36.1 Å².